The summed E-state index contributed by atoms with van der Waals surface area (Å²) in [4.78, 5) is 2.32. The molecule has 4 aromatic rings. The van der Waals surface area contributed by atoms with E-state index in [1.807, 2.05) is 96.5 Å². The molecule has 0 unspecified atom stereocenters. The maximum Gasteiger partial charge on any atom is 0.227 e. The lowest BCUT2D eigenvalue weighted by Crippen LogP contribution is -2.36. The molecule has 1 atom stereocenters. The van der Waals surface area contributed by atoms with Crippen LogP contribution in [0, 0.1) is 6.92 Å². The Kier molecular flexibility index (Phi) is 8.38. The Labute approximate surface area is 224 Å². The number of methoxy groups -OCH3 is 1. The average Bonchev–Trinajstić information content (AvgIpc) is 3.75. The van der Waals surface area contributed by atoms with Crippen LogP contribution in [0.2, 0.25) is 0 Å². The van der Waals surface area contributed by atoms with Gasteiger partial charge >= 0.3 is 0 Å². The molecule has 3 aromatic carbocycles. The topological polar surface area (TPSA) is 69.0 Å². The number of benzene rings is 3. The van der Waals surface area contributed by atoms with Gasteiger partial charge in [-0.15, -0.1) is 0 Å². The molecule has 1 aliphatic carbocycles. The summed E-state index contributed by atoms with van der Waals surface area (Å²) in [5.74, 6) is 1.93. The molecule has 38 heavy (non-hydrogen) atoms. The summed E-state index contributed by atoms with van der Waals surface area (Å²) in [7, 11) is 1.64. The van der Waals surface area contributed by atoms with E-state index in [4.69, 9.17) is 19.3 Å². The van der Waals surface area contributed by atoms with Gasteiger partial charge in [-0.3, -0.25) is 4.90 Å². The lowest BCUT2D eigenvalue weighted by atomic mass is 10.2. The maximum atomic E-state index is 10.8. The molecule has 0 aliphatic heterocycles. The van der Waals surface area contributed by atoms with Crippen LogP contribution in [-0.2, 0) is 17.9 Å². The first kappa shape index (κ1) is 26.0. The molecule has 5 rings (SSSR count). The van der Waals surface area contributed by atoms with Gasteiger partial charge < -0.3 is 19.3 Å². The van der Waals surface area contributed by atoms with Gasteiger partial charge in [0, 0.05) is 19.1 Å². The molecule has 0 bridgehead atoms. The largest absolute Gasteiger partial charge is 0.493 e. The lowest BCUT2D eigenvalue weighted by molar-refractivity contribution is 0.00693. The Balaban J connectivity index is 1.36. The molecular weight excluding hydrogens is 478 g/mol. The predicted molar refractivity (Wildman–Crippen MR) is 147 cm³/mol. The van der Waals surface area contributed by atoms with Gasteiger partial charge in [-0.25, -0.2) is 4.68 Å². The van der Waals surface area contributed by atoms with Crippen LogP contribution in [0.15, 0.2) is 84.9 Å². The molecule has 1 saturated carbocycles. The minimum absolute atomic E-state index is 0.283. The molecule has 0 saturated heterocycles. The van der Waals surface area contributed by atoms with Gasteiger partial charge in [0.25, 0.3) is 0 Å². The summed E-state index contributed by atoms with van der Waals surface area (Å²) in [6, 6.07) is 28.1. The molecule has 1 fully saturated rings. The molecule has 7 nitrogen and oxygen atoms in total. The zero-order valence-electron chi connectivity index (χ0n) is 22.0. The van der Waals surface area contributed by atoms with Crippen molar-refractivity contribution >= 4 is 0 Å². The van der Waals surface area contributed by atoms with Gasteiger partial charge in [0.1, 0.15) is 0 Å². The highest BCUT2D eigenvalue weighted by Gasteiger charge is 2.33. The summed E-state index contributed by atoms with van der Waals surface area (Å²) in [6.45, 7) is 3.91. The maximum absolute atomic E-state index is 10.8. The zero-order chi connectivity index (χ0) is 26.3. The van der Waals surface area contributed by atoms with E-state index in [0.717, 1.165) is 35.3 Å². The fraction of sp³-hybridized carbons (Fsp3) is 0.323. The second-order valence-corrected chi connectivity index (χ2v) is 9.68. The first-order valence-corrected chi connectivity index (χ1v) is 13.1. The van der Waals surface area contributed by atoms with Gasteiger partial charge in [0.2, 0.25) is 5.88 Å². The second kappa shape index (κ2) is 12.3. The summed E-state index contributed by atoms with van der Waals surface area (Å²) in [5.41, 5.74) is 3.89. The molecule has 1 aliphatic rings. The quantitative estimate of drug-likeness (QED) is 0.254. The molecule has 7 heteroatoms. The van der Waals surface area contributed by atoms with Gasteiger partial charge in [0.05, 0.1) is 43.4 Å². The van der Waals surface area contributed by atoms with Gasteiger partial charge in [-0.05, 0) is 49.6 Å². The normalized spacial score (nSPS) is 14.0. The highest BCUT2D eigenvalue weighted by atomic mass is 16.5. The SMILES string of the molecule is COc1ccccc1Oc1c(CN(C[C@H](O)COCc2ccccc2)C2CC2)c(C)nn1-c1ccccc1. The summed E-state index contributed by atoms with van der Waals surface area (Å²) < 4.78 is 19.7. The van der Waals surface area contributed by atoms with Crippen molar-refractivity contribution < 1.29 is 19.3 Å². The summed E-state index contributed by atoms with van der Waals surface area (Å²) >= 11 is 0. The first-order chi connectivity index (χ1) is 18.6. The Bertz CT molecular complexity index is 1310. The molecule has 198 valence electrons. The Morgan fingerprint density at radius 1 is 0.947 bits per heavy atom. The van der Waals surface area contributed by atoms with Crippen molar-refractivity contribution in [1.82, 2.24) is 14.7 Å². The number of para-hydroxylation sites is 3. The third kappa shape index (κ3) is 6.42. The third-order valence-corrected chi connectivity index (χ3v) is 6.71. The van der Waals surface area contributed by atoms with Gasteiger partial charge in [-0.1, -0.05) is 60.7 Å². The molecule has 0 radical (unpaired) electrons. The molecular formula is C31H35N3O4. The van der Waals surface area contributed by atoms with Crippen LogP contribution in [0.3, 0.4) is 0 Å². The van der Waals surface area contributed by atoms with E-state index in [-0.39, 0.29) is 6.61 Å². The molecule has 0 spiro atoms. The zero-order valence-corrected chi connectivity index (χ0v) is 22.0. The van der Waals surface area contributed by atoms with E-state index in [9.17, 15) is 5.11 Å². The van der Waals surface area contributed by atoms with E-state index in [1.165, 1.54) is 0 Å². The van der Waals surface area contributed by atoms with E-state index < -0.39 is 6.10 Å². The standard InChI is InChI=1S/C31H35N3O4/c1-23-28(20-33(25-17-18-25)19-27(35)22-37-21-24-11-5-3-6-12-24)31(34(32-23)26-13-7-4-8-14-26)38-30-16-10-9-15-29(30)36-2/h3-16,25,27,35H,17-22H2,1-2H3/t27-/m0/s1. The monoisotopic (exact) mass is 513 g/mol. The van der Waals surface area contributed by atoms with Gasteiger partial charge in [-0.2, -0.15) is 5.10 Å². The van der Waals surface area contributed by atoms with Crippen LogP contribution >= 0.6 is 0 Å². The smallest absolute Gasteiger partial charge is 0.227 e. The van der Waals surface area contributed by atoms with Crippen molar-refractivity contribution in [3.63, 3.8) is 0 Å². The van der Waals surface area contributed by atoms with Crippen molar-refractivity contribution in [1.29, 1.82) is 0 Å². The number of hydrogen-bond acceptors (Lipinski definition) is 6. The number of aryl methyl sites for hydroxylation is 1. The van der Waals surface area contributed by atoms with Crippen molar-refractivity contribution in [3.05, 3.63) is 102 Å². The molecule has 0 amide bonds. The van der Waals surface area contributed by atoms with Crippen molar-refractivity contribution in [2.45, 2.75) is 45.1 Å². The number of ether oxygens (including phenoxy) is 3. The number of aromatic nitrogens is 2. The summed E-state index contributed by atoms with van der Waals surface area (Å²) in [6.07, 6.45) is 1.64. The van der Waals surface area contributed by atoms with E-state index >= 15 is 0 Å². The second-order valence-electron chi connectivity index (χ2n) is 9.68. The number of aliphatic hydroxyl groups excluding tert-OH is 1. The lowest BCUT2D eigenvalue weighted by Gasteiger charge is -2.25. The van der Waals surface area contributed by atoms with Crippen molar-refractivity contribution in [2.75, 3.05) is 20.3 Å². The Morgan fingerprint density at radius 3 is 2.29 bits per heavy atom. The number of nitrogens with zero attached hydrogens (tertiary/aromatic N) is 3. The van der Waals surface area contributed by atoms with Crippen LogP contribution in [-0.4, -0.2) is 52.2 Å². The molecule has 1 N–H and O–H groups in total. The first-order valence-electron chi connectivity index (χ1n) is 13.1. The van der Waals surface area contributed by atoms with Crippen LogP contribution in [0.4, 0.5) is 0 Å². The van der Waals surface area contributed by atoms with E-state index in [2.05, 4.69) is 4.90 Å². The third-order valence-electron chi connectivity index (χ3n) is 6.71. The fourth-order valence-electron chi connectivity index (χ4n) is 4.57. The Hall–Kier alpha value is -3.65. The number of hydrogen-bond donors (Lipinski definition) is 1. The predicted octanol–water partition coefficient (Wildman–Crippen LogP) is 5.52. The Morgan fingerprint density at radius 2 is 1.61 bits per heavy atom. The molecule has 1 aromatic heterocycles. The van der Waals surface area contributed by atoms with Crippen LogP contribution in [0.5, 0.6) is 17.4 Å². The highest BCUT2D eigenvalue weighted by molar-refractivity contribution is 5.47. The van der Waals surface area contributed by atoms with Crippen molar-refractivity contribution in [3.8, 4) is 23.1 Å². The van der Waals surface area contributed by atoms with E-state index in [0.29, 0.717) is 43.1 Å². The average molecular weight is 514 g/mol. The van der Waals surface area contributed by atoms with E-state index in [1.54, 1.807) is 7.11 Å². The summed E-state index contributed by atoms with van der Waals surface area (Å²) in [5, 5.41) is 15.7. The fourth-order valence-corrected chi connectivity index (χ4v) is 4.57. The van der Waals surface area contributed by atoms with Crippen LogP contribution in [0.25, 0.3) is 5.69 Å². The van der Waals surface area contributed by atoms with Crippen LogP contribution in [0.1, 0.15) is 29.7 Å². The minimum atomic E-state index is -0.595. The minimum Gasteiger partial charge on any atom is -0.493 e. The highest BCUT2D eigenvalue weighted by Crippen LogP contribution is 2.37. The van der Waals surface area contributed by atoms with Crippen molar-refractivity contribution in [2.24, 2.45) is 0 Å². The number of aliphatic hydroxyl groups is 1. The molecule has 1 heterocycles. The number of rotatable bonds is 13. The van der Waals surface area contributed by atoms with Crippen LogP contribution < -0.4 is 9.47 Å². The van der Waals surface area contributed by atoms with Gasteiger partial charge in [0.15, 0.2) is 11.5 Å².